The third-order valence-corrected chi connectivity index (χ3v) is 4.06. The van der Waals surface area contributed by atoms with Gasteiger partial charge in [0.05, 0.1) is 10.2 Å². The number of benzene rings is 1. The molecular weight excluding hydrogens is 246 g/mol. The van der Waals surface area contributed by atoms with Gasteiger partial charge in [0.2, 0.25) is 5.91 Å². The molecule has 0 unspecified atom stereocenters. The van der Waals surface area contributed by atoms with E-state index in [2.05, 4.69) is 27.3 Å². The number of thiazole rings is 1. The molecule has 1 saturated heterocycles. The molecule has 1 aromatic carbocycles. The van der Waals surface area contributed by atoms with E-state index in [1.165, 1.54) is 36.8 Å². The van der Waals surface area contributed by atoms with Gasteiger partial charge in [-0.2, -0.15) is 0 Å². The summed E-state index contributed by atoms with van der Waals surface area (Å²) in [6, 6.07) is 6.32. The average molecular weight is 261 g/mol. The zero-order chi connectivity index (χ0) is 12.5. The monoisotopic (exact) mass is 261 g/mol. The summed E-state index contributed by atoms with van der Waals surface area (Å²) in [6.45, 7) is 3.79. The first-order chi connectivity index (χ1) is 8.72. The van der Waals surface area contributed by atoms with E-state index in [1.54, 1.807) is 0 Å². The quantitative estimate of drug-likeness (QED) is 0.904. The first-order valence-electron chi connectivity index (χ1n) is 6.15. The fourth-order valence-corrected chi connectivity index (χ4v) is 3.23. The fourth-order valence-electron chi connectivity index (χ4n) is 2.29. The highest BCUT2D eigenvalue weighted by Gasteiger charge is 2.13. The number of amides is 1. The van der Waals surface area contributed by atoms with Crippen LogP contribution in [0.2, 0.25) is 0 Å². The van der Waals surface area contributed by atoms with E-state index in [-0.39, 0.29) is 5.91 Å². The number of anilines is 2. The molecule has 4 nitrogen and oxygen atoms in total. The van der Waals surface area contributed by atoms with E-state index in [0.29, 0.717) is 5.13 Å². The Morgan fingerprint density at radius 3 is 2.89 bits per heavy atom. The maximum Gasteiger partial charge on any atom is 0.223 e. The van der Waals surface area contributed by atoms with Crippen LogP contribution in [0.3, 0.4) is 0 Å². The van der Waals surface area contributed by atoms with Gasteiger partial charge in [-0.05, 0) is 31.0 Å². The van der Waals surface area contributed by atoms with Gasteiger partial charge in [0.15, 0.2) is 5.13 Å². The summed E-state index contributed by atoms with van der Waals surface area (Å²) >= 11 is 1.53. The van der Waals surface area contributed by atoms with E-state index < -0.39 is 0 Å². The number of aromatic nitrogens is 1. The maximum atomic E-state index is 11.0. The third-order valence-electron chi connectivity index (χ3n) is 3.13. The Morgan fingerprint density at radius 1 is 1.39 bits per heavy atom. The van der Waals surface area contributed by atoms with Gasteiger partial charge in [0, 0.05) is 25.7 Å². The molecule has 1 fully saturated rings. The number of hydrogen-bond donors (Lipinski definition) is 1. The molecule has 0 saturated carbocycles. The minimum absolute atomic E-state index is 0.0752. The van der Waals surface area contributed by atoms with Crippen molar-refractivity contribution in [3.63, 3.8) is 0 Å². The number of fused-ring (bicyclic) bond motifs is 1. The Balaban J connectivity index is 1.93. The Bertz CT molecular complexity index is 587. The number of carbonyl (C=O) groups is 1. The molecule has 18 heavy (non-hydrogen) atoms. The van der Waals surface area contributed by atoms with Gasteiger partial charge in [-0.25, -0.2) is 4.98 Å². The normalized spacial score (nSPS) is 15.3. The van der Waals surface area contributed by atoms with Crippen LogP contribution in [0, 0.1) is 0 Å². The minimum atomic E-state index is -0.0752. The smallest absolute Gasteiger partial charge is 0.223 e. The van der Waals surface area contributed by atoms with Gasteiger partial charge in [-0.1, -0.05) is 11.3 Å². The van der Waals surface area contributed by atoms with Crippen molar-refractivity contribution in [2.24, 2.45) is 0 Å². The lowest BCUT2D eigenvalue weighted by atomic mass is 10.3. The molecule has 0 spiro atoms. The lowest BCUT2D eigenvalue weighted by Crippen LogP contribution is -2.17. The molecule has 1 N–H and O–H groups in total. The van der Waals surface area contributed by atoms with Crippen LogP contribution in [0.1, 0.15) is 19.8 Å². The lowest BCUT2D eigenvalue weighted by Gasteiger charge is -2.16. The largest absolute Gasteiger partial charge is 0.371 e. The Labute approximate surface area is 110 Å². The lowest BCUT2D eigenvalue weighted by molar-refractivity contribution is -0.114. The average Bonchev–Trinajstić information content (AvgIpc) is 2.94. The second-order valence-electron chi connectivity index (χ2n) is 4.55. The summed E-state index contributed by atoms with van der Waals surface area (Å²) in [7, 11) is 0. The number of nitrogens with one attached hydrogen (secondary N) is 1. The summed E-state index contributed by atoms with van der Waals surface area (Å²) in [5, 5.41) is 3.42. The van der Waals surface area contributed by atoms with Crippen LogP contribution in [0.5, 0.6) is 0 Å². The van der Waals surface area contributed by atoms with Crippen LogP contribution in [0.15, 0.2) is 18.2 Å². The zero-order valence-electron chi connectivity index (χ0n) is 10.3. The molecule has 1 amide bonds. The molecule has 0 bridgehead atoms. The summed E-state index contributed by atoms with van der Waals surface area (Å²) in [5.74, 6) is -0.0752. The topological polar surface area (TPSA) is 45.2 Å². The fraction of sp³-hybridized carbons (Fsp3) is 0.385. The molecule has 1 aliphatic heterocycles. The summed E-state index contributed by atoms with van der Waals surface area (Å²) in [5.41, 5.74) is 2.21. The van der Waals surface area contributed by atoms with E-state index in [0.717, 1.165) is 23.3 Å². The number of rotatable bonds is 2. The van der Waals surface area contributed by atoms with Crippen molar-refractivity contribution in [3.8, 4) is 0 Å². The zero-order valence-corrected chi connectivity index (χ0v) is 11.1. The minimum Gasteiger partial charge on any atom is -0.371 e. The number of carbonyl (C=O) groups excluding carboxylic acids is 1. The van der Waals surface area contributed by atoms with Crippen LogP contribution in [0.4, 0.5) is 10.8 Å². The standard InChI is InChI=1S/C13H15N3OS/c1-9(17)14-13-15-11-5-4-10(8-12(11)18-13)16-6-2-3-7-16/h4-5,8H,2-3,6-7H2,1H3,(H,14,15,17). The number of hydrogen-bond acceptors (Lipinski definition) is 4. The van der Waals surface area contributed by atoms with Gasteiger partial charge < -0.3 is 10.2 Å². The molecule has 0 radical (unpaired) electrons. The highest BCUT2D eigenvalue weighted by atomic mass is 32.1. The van der Waals surface area contributed by atoms with Gasteiger partial charge in [-0.3, -0.25) is 4.79 Å². The van der Waals surface area contributed by atoms with Crippen molar-refractivity contribution < 1.29 is 4.79 Å². The molecule has 2 heterocycles. The maximum absolute atomic E-state index is 11.0. The predicted molar refractivity (Wildman–Crippen MR) is 75.4 cm³/mol. The summed E-state index contributed by atoms with van der Waals surface area (Å²) in [4.78, 5) is 17.8. The van der Waals surface area contributed by atoms with Gasteiger partial charge in [0.25, 0.3) is 0 Å². The molecule has 5 heteroatoms. The van der Waals surface area contributed by atoms with Gasteiger partial charge in [-0.15, -0.1) is 0 Å². The Hall–Kier alpha value is -1.62. The Kier molecular flexibility index (Phi) is 2.91. The molecule has 1 aromatic heterocycles. The van der Waals surface area contributed by atoms with Crippen LogP contribution < -0.4 is 10.2 Å². The van der Waals surface area contributed by atoms with Crippen LogP contribution in [-0.2, 0) is 4.79 Å². The van der Waals surface area contributed by atoms with Crippen molar-refractivity contribution in [2.75, 3.05) is 23.3 Å². The van der Waals surface area contributed by atoms with Crippen molar-refractivity contribution in [1.82, 2.24) is 4.98 Å². The second kappa shape index (κ2) is 4.57. The molecule has 1 aliphatic rings. The molecule has 3 rings (SSSR count). The van der Waals surface area contributed by atoms with E-state index in [9.17, 15) is 4.79 Å². The Morgan fingerprint density at radius 2 is 2.17 bits per heavy atom. The first-order valence-corrected chi connectivity index (χ1v) is 6.97. The van der Waals surface area contributed by atoms with E-state index in [1.807, 2.05) is 6.07 Å². The van der Waals surface area contributed by atoms with Crippen LogP contribution >= 0.6 is 11.3 Å². The molecule has 0 atom stereocenters. The van der Waals surface area contributed by atoms with Gasteiger partial charge in [0.1, 0.15) is 0 Å². The molecule has 94 valence electrons. The molecule has 2 aromatic rings. The summed E-state index contributed by atoms with van der Waals surface area (Å²) < 4.78 is 1.13. The van der Waals surface area contributed by atoms with Crippen molar-refractivity contribution in [2.45, 2.75) is 19.8 Å². The van der Waals surface area contributed by atoms with Crippen molar-refractivity contribution in [1.29, 1.82) is 0 Å². The van der Waals surface area contributed by atoms with Gasteiger partial charge >= 0.3 is 0 Å². The first kappa shape index (κ1) is 11.5. The predicted octanol–water partition coefficient (Wildman–Crippen LogP) is 2.85. The highest BCUT2D eigenvalue weighted by Crippen LogP contribution is 2.30. The van der Waals surface area contributed by atoms with Crippen LogP contribution in [-0.4, -0.2) is 24.0 Å². The molecular formula is C13H15N3OS. The molecule has 0 aliphatic carbocycles. The van der Waals surface area contributed by atoms with E-state index in [4.69, 9.17) is 0 Å². The van der Waals surface area contributed by atoms with Crippen molar-refractivity contribution in [3.05, 3.63) is 18.2 Å². The SMILES string of the molecule is CC(=O)Nc1nc2ccc(N3CCCC3)cc2s1. The third kappa shape index (κ3) is 2.18. The van der Waals surface area contributed by atoms with Crippen LogP contribution in [0.25, 0.3) is 10.2 Å². The highest BCUT2D eigenvalue weighted by molar-refractivity contribution is 7.22. The summed E-state index contributed by atoms with van der Waals surface area (Å²) in [6.07, 6.45) is 2.55. The second-order valence-corrected chi connectivity index (χ2v) is 5.58. The van der Waals surface area contributed by atoms with E-state index >= 15 is 0 Å². The number of nitrogens with zero attached hydrogens (tertiary/aromatic N) is 2. The van der Waals surface area contributed by atoms with Crippen molar-refractivity contribution >= 4 is 38.3 Å².